The molecule has 0 N–H and O–H groups in total. The van der Waals surface area contributed by atoms with Crippen molar-refractivity contribution in [2.45, 2.75) is 27.7 Å². The molecule has 0 fully saturated rings. The minimum absolute atomic E-state index is 0.739. The van der Waals surface area contributed by atoms with Crippen LogP contribution in [-0.4, -0.2) is 19.1 Å². The summed E-state index contributed by atoms with van der Waals surface area (Å²) in [5.74, 6) is 0.739. The average molecular weight is 771 g/mol. The zero-order valence-corrected chi connectivity index (χ0v) is 34.1. The molecule has 11 rings (SSSR count). The molecule has 0 spiro atoms. The van der Waals surface area contributed by atoms with Crippen LogP contribution in [0.15, 0.2) is 182 Å². The first-order chi connectivity index (χ1) is 29.4. The van der Waals surface area contributed by atoms with Crippen LogP contribution in [0.2, 0.25) is 0 Å². The third-order valence-corrected chi connectivity index (χ3v) is 12.3. The van der Waals surface area contributed by atoms with Gasteiger partial charge >= 0.3 is 0 Å². The second-order valence-corrected chi connectivity index (χ2v) is 16.0. The average Bonchev–Trinajstić information content (AvgIpc) is 3.80. The van der Waals surface area contributed by atoms with Gasteiger partial charge in [0.05, 0.1) is 33.5 Å². The number of fused-ring (bicyclic) bond motifs is 6. The molecule has 0 amide bonds. The number of aryl methyl sites for hydroxylation is 4. The van der Waals surface area contributed by atoms with Crippen molar-refractivity contribution in [3.63, 3.8) is 0 Å². The fraction of sp³-hybridized carbons (Fsp3) is 0.0714. The van der Waals surface area contributed by atoms with Crippen molar-refractivity contribution in [2.75, 3.05) is 0 Å². The Morgan fingerprint density at radius 1 is 0.333 bits per heavy atom. The Kier molecular flexibility index (Phi) is 8.35. The summed E-state index contributed by atoms with van der Waals surface area (Å²) in [5, 5.41) is 5.02. The van der Waals surface area contributed by atoms with Crippen molar-refractivity contribution < 1.29 is 0 Å². The molecule has 60 heavy (non-hydrogen) atoms. The maximum atomic E-state index is 5.15. The number of hydrogen-bond acceptors (Lipinski definition) is 2. The molecule has 3 heterocycles. The Balaban J connectivity index is 0.991. The van der Waals surface area contributed by atoms with E-state index in [2.05, 4.69) is 219 Å². The Labute approximate surface area is 349 Å². The molecule has 0 bridgehead atoms. The predicted molar refractivity (Wildman–Crippen MR) is 251 cm³/mol. The van der Waals surface area contributed by atoms with Crippen molar-refractivity contribution in [2.24, 2.45) is 0 Å². The summed E-state index contributed by atoms with van der Waals surface area (Å²) in [5.41, 5.74) is 19.4. The lowest BCUT2D eigenvalue weighted by atomic mass is 9.95. The maximum absolute atomic E-state index is 5.15. The van der Waals surface area contributed by atoms with Crippen LogP contribution >= 0.6 is 0 Å². The molecule has 4 nitrogen and oxygen atoms in total. The monoisotopic (exact) mass is 770 g/mol. The SMILES string of the molecule is Cc1cc(-n2c3ccccc3c3cc(-n4c5ccccc5c5ccccc54)ccc32)c(C)cc1-c1ccc(-c2cc(-c3ccccc3C)nc(-c3ccccc3C)n2)cc1. The molecule has 0 atom stereocenters. The van der Waals surface area contributed by atoms with E-state index in [0.717, 1.165) is 45.2 Å². The van der Waals surface area contributed by atoms with Gasteiger partial charge in [0.1, 0.15) is 0 Å². The summed E-state index contributed by atoms with van der Waals surface area (Å²) in [6, 6.07) is 65.7. The number of para-hydroxylation sites is 3. The molecule has 0 unspecified atom stereocenters. The minimum atomic E-state index is 0.739. The highest BCUT2D eigenvalue weighted by molar-refractivity contribution is 6.12. The highest BCUT2D eigenvalue weighted by Crippen LogP contribution is 2.39. The normalized spacial score (nSPS) is 11.7. The molecular weight excluding hydrogens is 729 g/mol. The number of nitrogens with zero attached hydrogens (tertiary/aromatic N) is 4. The van der Waals surface area contributed by atoms with Gasteiger partial charge in [0.2, 0.25) is 0 Å². The van der Waals surface area contributed by atoms with Gasteiger partial charge in [-0.25, -0.2) is 9.97 Å². The van der Waals surface area contributed by atoms with Crippen molar-refractivity contribution in [1.82, 2.24) is 19.1 Å². The molecular formula is C56H42N4. The van der Waals surface area contributed by atoms with Crippen LogP contribution in [0.25, 0.3) is 100 Å². The number of hydrogen-bond donors (Lipinski definition) is 0. The summed E-state index contributed by atoms with van der Waals surface area (Å²) in [6.45, 7) is 8.73. The van der Waals surface area contributed by atoms with Crippen molar-refractivity contribution in [1.29, 1.82) is 0 Å². The summed E-state index contributed by atoms with van der Waals surface area (Å²) < 4.78 is 4.85. The maximum Gasteiger partial charge on any atom is 0.160 e. The lowest BCUT2D eigenvalue weighted by Crippen LogP contribution is -2.00. The summed E-state index contributed by atoms with van der Waals surface area (Å²) >= 11 is 0. The van der Waals surface area contributed by atoms with Gasteiger partial charge < -0.3 is 9.13 Å². The molecule has 0 radical (unpaired) electrons. The van der Waals surface area contributed by atoms with E-state index in [4.69, 9.17) is 9.97 Å². The Morgan fingerprint density at radius 2 is 0.850 bits per heavy atom. The number of aromatic nitrogens is 4. The zero-order chi connectivity index (χ0) is 40.5. The smallest absolute Gasteiger partial charge is 0.160 e. The third-order valence-electron chi connectivity index (χ3n) is 12.3. The van der Waals surface area contributed by atoms with E-state index >= 15 is 0 Å². The van der Waals surface area contributed by atoms with Crippen LogP contribution in [0.5, 0.6) is 0 Å². The second-order valence-electron chi connectivity index (χ2n) is 16.0. The molecule has 0 aliphatic heterocycles. The lowest BCUT2D eigenvalue weighted by molar-refractivity contribution is 1.14. The Bertz CT molecular complexity index is 3360. The first-order valence-electron chi connectivity index (χ1n) is 20.7. The van der Waals surface area contributed by atoms with Gasteiger partial charge in [0.25, 0.3) is 0 Å². The van der Waals surface area contributed by atoms with E-state index in [0.29, 0.717) is 0 Å². The molecule has 3 aromatic heterocycles. The molecule has 0 aliphatic carbocycles. The first kappa shape index (κ1) is 35.6. The van der Waals surface area contributed by atoms with E-state index in [1.54, 1.807) is 0 Å². The number of benzene rings is 8. The summed E-state index contributed by atoms with van der Waals surface area (Å²) in [4.78, 5) is 10.2. The molecule has 0 aliphatic rings. The van der Waals surface area contributed by atoms with E-state index in [1.807, 2.05) is 0 Å². The van der Waals surface area contributed by atoms with Gasteiger partial charge in [0, 0.05) is 49.6 Å². The van der Waals surface area contributed by atoms with Gasteiger partial charge in [-0.05, 0) is 116 Å². The van der Waals surface area contributed by atoms with Crippen LogP contribution in [-0.2, 0) is 0 Å². The van der Waals surface area contributed by atoms with E-state index < -0.39 is 0 Å². The first-order valence-corrected chi connectivity index (χ1v) is 20.7. The van der Waals surface area contributed by atoms with Gasteiger partial charge in [0.15, 0.2) is 5.82 Å². The predicted octanol–water partition coefficient (Wildman–Crippen LogP) is 14.6. The van der Waals surface area contributed by atoms with Gasteiger partial charge in [-0.1, -0.05) is 127 Å². The topological polar surface area (TPSA) is 35.6 Å². The minimum Gasteiger partial charge on any atom is -0.309 e. The van der Waals surface area contributed by atoms with E-state index in [1.165, 1.54) is 77.1 Å². The highest BCUT2D eigenvalue weighted by atomic mass is 15.0. The van der Waals surface area contributed by atoms with E-state index in [-0.39, 0.29) is 0 Å². The Morgan fingerprint density at radius 3 is 1.50 bits per heavy atom. The van der Waals surface area contributed by atoms with Gasteiger partial charge in [-0.3, -0.25) is 0 Å². The fourth-order valence-electron chi connectivity index (χ4n) is 9.27. The molecule has 0 saturated heterocycles. The van der Waals surface area contributed by atoms with Crippen molar-refractivity contribution in [3.8, 4) is 56.4 Å². The highest BCUT2D eigenvalue weighted by Gasteiger charge is 2.19. The zero-order valence-electron chi connectivity index (χ0n) is 34.1. The Hall–Kier alpha value is -7.56. The van der Waals surface area contributed by atoms with Crippen LogP contribution in [0.4, 0.5) is 0 Å². The summed E-state index contributed by atoms with van der Waals surface area (Å²) in [7, 11) is 0. The molecule has 8 aromatic carbocycles. The van der Waals surface area contributed by atoms with Gasteiger partial charge in [-0.15, -0.1) is 0 Å². The molecule has 4 heteroatoms. The fourth-order valence-corrected chi connectivity index (χ4v) is 9.27. The third kappa shape index (κ3) is 5.75. The summed E-state index contributed by atoms with van der Waals surface area (Å²) in [6.07, 6.45) is 0. The van der Waals surface area contributed by atoms with Crippen LogP contribution in [0.3, 0.4) is 0 Å². The van der Waals surface area contributed by atoms with Gasteiger partial charge in [-0.2, -0.15) is 0 Å². The van der Waals surface area contributed by atoms with Crippen LogP contribution in [0.1, 0.15) is 22.3 Å². The van der Waals surface area contributed by atoms with Crippen LogP contribution < -0.4 is 0 Å². The van der Waals surface area contributed by atoms with Crippen molar-refractivity contribution in [3.05, 3.63) is 204 Å². The molecule has 286 valence electrons. The second kappa shape index (κ2) is 14.1. The number of rotatable bonds is 6. The van der Waals surface area contributed by atoms with Crippen LogP contribution in [0, 0.1) is 27.7 Å². The quantitative estimate of drug-likeness (QED) is 0.169. The largest absolute Gasteiger partial charge is 0.309 e. The molecule has 0 saturated carbocycles. The lowest BCUT2D eigenvalue weighted by Gasteiger charge is -2.16. The molecule has 11 aromatic rings. The van der Waals surface area contributed by atoms with Crippen molar-refractivity contribution >= 4 is 43.6 Å². The standard InChI is InChI=1S/C56H42N4/c1-35-15-5-7-17-42(35)50-34-49(57-56(58-50)43-18-8-6-16-36(43)2)40-27-25-39(26-28-40)47-31-38(4)55(32-37(47)3)60-53-24-14-11-21-46(53)48-33-41(29-30-54(48)60)59-51-22-12-9-19-44(51)45-20-10-13-23-52(45)59/h5-34H,1-4H3. The van der Waals surface area contributed by atoms with E-state index in [9.17, 15) is 0 Å².